The van der Waals surface area contributed by atoms with Gasteiger partial charge in [0.1, 0.15) is 24.7 Å². The molecular formula is C28H33FN4O4. The van der Waals surface area contributed by atoms with E-state index in [4.69, 9.17) is 19.6 Å². The Bertz CT molecular complexity index is 1280. The molecule has 4 rings (SSSR count). The van der Waals surface area contributed by atoms with Gasteiger partial charge in [0.25, 0.3) is 0 Å². The van der Waals surface area contributed by atoms with Crippen LogP contribution in [-0.4, -0.2) is 56.0 Å². The number of hydrogen-bond donors (Lipinski definition) is 1. The zero-order chi connectivity index (χ0) is 26.9. The van der Waals surface area contributed by atoms with Crippen LogP contribution in [0.2, 0.25) is 0 Å². The van der Waals surface area contributed by atoms with Crippen molar-refractivity contribution in [3.63, 3.8) is 0 Å². The third kappa shape index (κ3) is 4.93. The zero-order valence-electron chi connectivity index (χ0n) is 22.0. The van der Waals surface area contributed by atoms with Gasteiger partial charge in [-0.1, -0.05) is 20.8 Å². The van der Waals surface area contributed by atoms with Crippen molar-refractivity contribution in [1.29, 1.82) is 10.7 Å². The Labute approximate surface area is 217 Å². The van der Waals surface area contributed by atoms with Crippen LogP contribution in [0.3, 0.4) is 0 Å². The van der Waals surface area contributed by atoms with E-state index in [1.54, 1.807) is 30.9 Å². The molecule has 0 bridgehead atoms. The molecule has 8 nitrogen and oxygen atoms in total. The van der Waals surface area contributed by atoms with E-state index in [1.165, 1.54) is 0 Å². The van der Waals surface area contributed by atoms with Gasteiger partial charge in [-0.25, -0.2) is 4.39 Å². The molecule has 196 valence electrons. The number of nitriles is 1. The maximum absolute atomic E-state index is 15.4. The summed E-state index contributed by atoms with van der Waals surface area (Å²) >= 11 is 0. The normalized spacial score (nSPS) is 14.6. The molecule has 0 aromatic heterocycles. The summed E-state index contributed by atoms with van der Waals surface area (Å²) in [6.45, 7) is 11.6. The van der Waals surface area contributed by atoms with Gasteiger partial charge in [-0.05, 0) is 43.0 Å². The van der Waals surface area contributed by atoms with Crippen molar-refractivity contribution in [3.8, 4) is 23.3 Å². The number of fused-ring (bicyclic) bond motifs is 2. The highest BCUT2D eigenvalue weighted by molar-refractivity contribution is 6.06. The Hall–Kier alpha value is -3.80. The molecule has 0 fully saturated rings. The molecule has 0 saturated carbocycles. The number of amidine groups is 1. The van der Waals surface area contributed by atoms with Gasteiger partial charge in [-0.2, -0.15) is 5.26 Å². The number of carbonyl (C=O) groups is 1. The minimum atomic E-state index is -0.643. The van der Waals surface area contributed by atoms with Gasteiger partial charge in [0.2, 0.25) is 0 Å². The molecule has 1 N–H and O–H groups in total. The van der Waals surface area contributed by atoms with Crippen molar-refractivity contribution in [3.05, 3.63) is 46.3 Å². The Balaban J connectivity index is 1.67. The van der Waals surface area contributed by atoms with Crippen LogP contribution in [0.15, 0.2) is 18.2 Å². The Morgan fingerprint density at radius 2 is 1.92 bits per heavy atom. The molecular weight excluding hydrogens is 475 g/mol. The predicted molar refractivity (Wildman–Crippen MR) is 139 cm³/mol. The van der Waals surface area contributed by atoms with Crippen molar-refractivity contribution in [2.24, 2.45) is 0 Å². The van der Waals surface area contributed by atoms with E-state index in [0.29, 0.717) is 42.4 Å². The maximum Gasteiger partial charge on any atom is 0.197 e. The molecule has 2 aromatic rings. The summed E-state index contributed by atoms with van der Waals surface area (Å²) in [6.07, 6.45) is 0. The monoisotopic (exact) mass is 508 g/mol. The number of carbonyl (C=O) groups excluding carboxylic acids is 1. The van der Waals surface area contributed by atoms with E-state index >= 15 is 4.39 Å². The highest BCUT2D eigenvalue weighted by atomic mass is 19.1. The van der Waals surface area contributed by atoms with Crippen LogP contribution < -0.4 is 19.1 Å². The van der Waals surface area contributed by atoms with Crippen LogP contribution in [0.1, 0.15) is 61.7 Å². The number of rotatable bonds is 8. The third-order valence-corrected chi connectivity index (χ3v) is 6.52. The number of ketones is 1. The Morgan fingerprint density at radius 1 is 1.19 bits per heavy atom. The second-order valence-electron chi connectivity index (χ2n) is 10.1. The number of nitrogens with one attached hydrogen (secondary N) is 1. The average molecular weight is 509 g/mol. The van der Waals surface area contributed by atoms with Crippen molar-refractivity contribution >= 4 is 17.3 Å². The molecule has 0 saturated heterocycles. The number of nitrogens with zero attached hydrogens (tertiary/aromatic N) is 3. The molecule has 2 heterocycles. The second kappa shape index (κ2) is 10.3. The van der Waals surface area contributed by atoms with Crippen LogP contribution in [-0.2, 0) is 12.0 Å². The fourth-order valence-corrected chi connectivity index (χ4v) is 4.77. The van der Waals surface area contributed by atoms with E-state index in [-0.39, 0.29) is 54.6 Å². The minimum absolute atomic E-state index is 0.0110. The first-order valence-corrected chi connectivity index (χ1v) is 12.5. The van der Waals surface area contributed by atoms with Gasteiger partial charge in [-0.3, -0.25) is 10.2 Å². The molecule has 37 heavy (non-hydrogen) atoms. The summed E-state index contributed by atoms with van der Waals surface area (Å²) in [5.74, 6) is 0.0700. The number of benzene rings is 2. The van der Waals surface area contributed by atoms with Crippen molar-refractivity contribution < 1.29 is 23.4 Å². The number of Topliss-reactive ketones (excluding diaryl/α,β-unsaturated/α-hetero) is 1. The molecule has 2 aliphatic rings. The van der Waals surface area contributed by atoms with E-state index in [2.05, 4.69) is 6.07 Å². The first-order chi connectivity index (χ1) is 17.6. The first kappa shape index (κ1) is 26.3. The standard InChI is InChI=1S/C28H33FN4O4/c1-6-35-22-14-18-15-33(27(31)23(18)24(29)26(22)36-7-2)16-21(34)17-12-19(28(3,4)5)25-20(13-17)32(9-8-30)10-11-37-25/h12-14,31H,6-7,9-11,15-16H2,1-5H3. The van der Waals surface area contributed by atoms with E-state index in [0.717, 1.165) is 11.3 Å². The lowest BCUT2D eigenvalue weighted by molar-refractivity contribution is 0.0962. The van der Waals surface area contributed by atoms with Crippen LogP contribution >= 0.6 is 0 Å². The molecule has 0 unspecified atom stereocenters. The average Bonchev–Trinajstić information content (AvgIpc) is 3.15. The summed E-state index contributed by atoms with van der Waals surface area (Å²) in [4.78, 5) is 17.0. The molecule has 0 atom stereocenters. The van der Waals surface area contributed by atoms with Crippen LogP contribution in [0.25, 0.3) is 0 Å². The smallest absolute Gasteiger partial charge is 0.197 e. The van der Waals surface area contributed by atoms with Gasteiger partial charge in [0, 0.05) is 17.7 Å². The second-order valence-corrected chi connectivity index (χ2v) is 10.1. The quantitative estimate of drug-likeness (QED) is 0.409. The van der Waals surface area contributed by atoms with Crippen LogP contribution in [0.4, 0.5) is 10.1 Å². The molecule has 0 spiro atoms. The SMILES string of the molecule is CCOc1cc2c(c(F)c1OCC)C(=N)N(CC(=O)c1cc3c(c(C(C)(C)C)c1)OCCN3CC#N)C2. The van der Waals surface area contributed by atoms with E-state index < -0.39 is 5.82 Å². The number of hydrogen-bond acceptors (Lipinski definition) is 7. The molecule has 0 aliphatic carbocycles. The van der Waals surface area contributed by atoms with Gasteiger partial charge in [-0.15, -0.1) is 0 Å². The predicted octanol–water partition coefficient (Wildman–Crippen LogP) is 4.67. The maximum atomic E-state index is 15.4. The summed E-state index contributed by atoms with van der Waals surface area (Å²) < 4.78 is 32.5. The van der Waals surface area contributed by atoms with Crippen LogP contribution in [0.5, 0.6) is 17.2 Å². The lowest BCUT2D eigenvalue weighted by atomic mass is 9.84. The summed E-state index contributed by atoms with van der Waals surface area (Å²) in [5, 5.41) is 17.9. The van der Waals surface area contributed by atoms with Crippen molar-refractivity contribution in [1.82, 2.24) is 4.90 Å². The van der Waals surface area contributed by atoms with E-state index in [1.807, 2.05) is 31.7 Å². The van der Waals surface area contributed by atoms with Crippen molar-refractivity contribution in [2.75, 3.05) is 44.4 Å². The highest BCUT2D eigenvalue weighted by Gasteiger charge is 2.34. The highest BCUT2D eigenvalue weighted by Crippen LogP contribution is 2.43. The summed E-state index contributed by atoms with van der Waals surface area (Å²) in [5.41, 5.74) is 2.47. The fraction of sp³-hybridized carbons (Fsp3) is 0.464. The summed E-state index contributed by atoms with van der Waals surface area (Å²) in [7, 11) is 0. The molecule has 2 aliphatic heterocycles. The molecule has 2 aromatic carbocycles. The Morgan fingerprint density at radius 3 is 2.57 bits per heavy atom. The minimum Gasteiger partial charge on any atom is -0.490 e. The van der Waals surface area contributed by atoms with E-state index in [9.17, 15) is 10.1 Å². The Kier molecular flexibility index (Phi) is 7.30. The largest absolute Gasteiger partial charge is 0.490 e. The fourth-order valence-electron chi connectivity index (χ4n) is 4.77. The first-order valence-electron chi connectivity index (χ1n) is 12.5. The third-order valence-electron chi connectivity index (χ3n) is 6.52. The molecule has 0 radical (unpaired) electrons. The molecule has 9 heteroatoms. The summed E-state index contributed by atoms with van der Waals surface area (Å²) in [6, 6.07) is 7.48. The number of anilines is 1. The lowest BCUT2D eigenvalue weighted by Gasteiger charge is -2.34. The lowest BCUT2D eigenvalue weighted by Crippen LogP contribution is -2.35. The van der Waals surface area contributed by atoms with Gasteiger partial charge < -0.3 is 24.0 Å². The topological polar surface area (TPSA) is 98.9 Å². The van der Waals surface area contributed by atoms with Gasteiger partial charge in [0.05, 0.1) is 43.6 Å². The van der Waals surface area contributed by atoms with Gasteiger partial charge >= 0.3 is 0 Å². The van der Waals surface area contributed by atoms with Gasteiger partial charge in [0.15, 0.2) is 23.1 Å². The van der Waals surface area contributed by atoms with Crippen molar-refractivity contribution in [2.45, 2.75) is 46.6 Å². The number of ether oxygens (including phenoxy) is 3. The van der Waals surface area contributed by atoms with Crippen LogP contribution in [0, 0.1) is 22.6 Å². The zero-order valence-corrected chi connectivity index (χ0v) is 22.0. The number of halogens is 1. The molecule has 0 amide bonds.